The molecule has 0 N–H and O–H groups in total. The summed E-state index contributed by atoms with van der Waals surface area (Å²) in [5, 5.41) is 0. The van der Waals surface area contributed by atoms with E-state index in [0.29, 0.717) is 0 Å². The van der Waals surface area contributed by atoms with Gasteiger partial charge >= 0.3 is 23.1 Å². The number of ether oxygens (including phenoxy) is 1. The summed E-state index contributed by atoms with van der Waals surface area (Å²) < 4.78 is 6.30. The fourth-order valence-corrected chi connectivity index (χ4v) is 2.01. The third-order valence-corrected chi connectivity index (χ3v) is 2.97. The first-order valence-electron chi connectivity index (χ1n) is 7.06. The van der Waals surface area contributed by atoms with Crippen LogP contribution in [0.3, 0.4) is 0 Å². The van der Waals surface area contributed by atoms with E-state index in [2.05, 4.69) is 80.5 Å². The molecule has 0 saturated carbocycles. The molecule has 0 heterocycles. The number of halogens is 1. The van der Waals surface area contributed by atoms with Crippen LogP contribution in [0.25, 0.3) is 0 Å². The largest absolute Gasteiger partial charge is 2.00 e. The van der Waals surface area contributed by atoms with Crippen LogP contribution in [0.5, 0.6) is 5.75 Å². The van der Waals surface area contributed by atoms with Crippen molar-refractivity contribution in [1.82, 2.24) is 0 Å². The van der Waals surface area contributed by atoms with Gasteiger partial charge in [0.25, 0.3) is 0 Å². The minimum atomic E-state index is -0.193. The van der Waals surface area contributed by atoms with Crippen LogP contribution in [0.15, 0.2) is 12.1 Å². The summed E-state index contributed by atoms with van der Waals surface area (Å²) in [5.41, 5.74) is 2.38. The second kappa shape index (κ2) is 7.70. The smallest absolute Gasteiger partial charge is 1.00 e. The van der Waals surface area contributed by atoms with Crippen LogP contribution in [-0.2, 0) is 10.8 Å². The maximum atomic E-state index is 6.30. The average Bonchev–Trinajstić information content (AvgIpc) is 2.11. The molecule has 0 unspecified atom stereocenters. The molecule has 0 spiro atoms. The minimum absolute atomic E-state index is 0. The third kappa shape index (κ3) is 6.92. The maximum absolute atomic E-state index is 6.30. The van der Waals surface area contributed by atoms with E-state index >= 15 is 0 Å². The Labute approximate surface area is 158 Å². The van der Waals surface area contributed by atoms with E-state index in [0.717, 1.165) is 5.75 Å². The summed E-state index contributed by atoms with van der Waals surface area (Å²) in [5.74, 6) is 1.03. The van der Waals surface area contributed by atoms with Crippen LogP contribution < -0.4 is 21.7 Å². The van der Waals surface area contributed by atoms with E-state index < -0.39 is 0 Å². The Morgan fingerprint density at radius 2 is 1.10 bits per heavy atom. The van der Waals surface area contributed by atoms with E-state index in [9.17, 15) is 0 Å². The molecule has 0 saturated heterocycles. The zero-order chi connectivity index (χ0) is 15.1. The van der Waals surface area contributed by atoms with Gasteiger partial charge in [0.2, 0.25) is 0 Å². The van der Waals surface area contributed by atoms with Crippen LogP contribution >= 0.6 is 0 Å². The van der Waals surface area contributed by atoms with Crippen LogP contribution in [0.2, 0.25) is 0 Å². The van der Waals surface area contributed by atoms with E-state index in [-0.39, 0.29) is 56.5 Å². The Balaban J connectivity index is 0. The van der Waals surface area contributed by atoms with Gasteiger partial charge in [-0.05, 0) is 20.8 Å². The van der Waals surface area contributed by atoms with Crippen molar-refractivity contribution in [3.63, 3.8) is 0 Å². The van der Waals surface area contributed by atoms with Crippen molar-refractivity contribution >= 4 is 23.1 Å². The summed E-state index contributed by atoms with van der Waals surface area (Å²) in [4.78, 5) is 0. The molecule has 3 heteroatoms. The first kappa shape index (κ1) is 23.5. The fourth-order valence-electron chi connectivity index (χ4n) is 2.01. The molecule has 0 aliphatic heterocycles. The zero-order valence-corrected chi connectivity index (χ0v) is 18.1. The monoisotopic (exact) mass is 364 g/mol. The van der Waals surface area contributed by atoms with E-state index in [1.165, 1.54) is 11.1 Å². The number of hydrogen-bond donors (Lipinski definition) is 0. The Kier molecular flexibility index (Phi) is 8.62. The molecule has 0 aromatic heterocycles. The standard InChI is InChI=1S/C18H29O.BrH.Mg/c1-16(2,3)13-11-10-12-14(17(4,5)6)15(13)19-18(7,8)9;;/h11-12H,1-9H3;1H;/q-1;;+2/p-1. The van der Waals surface area contributed by atoms with Gasteiger partial charge in [0.1, 0.15) is 0 Å². The quantitative estimate of drug-likeness (QED) is 0.545. The number of rotatable bonds is 1. The van der Waals surface area contributed by atoms with Gasteiger partial charge < -0.3 is 21.7 Å². The van der Waals surface area contributed by atoms with Crippen molar-refractivity contribution in [2.45, 2.75) is 78.7 Å². The Morgan fingerprint density at radius 3 is 1.33 bits per heavy atom. The molecule has 0 aliphatic rings. The summed E-state index contributed by atoms with van der Waals surface area (Å²) in [6.45, 7) is 19.6. The topological polar surface area (TPSA) is 9.23 Å². The van der Waals surface area contributed by atoms with Crippen molar-refractivity contribution in [2.75, 3.05) is 0 Å². The average molecular weight is 366 g/mol. The maximum Gasteiger partial charge on any atom is 2.00 e. The van der Waals surface area contributed by atoms with Gasteiger partial charge in [-0.15, -0.1) is 11.1 Å². The van der Waals surface area contributed by atoms with Crippen LogP contribution in [-0.4, -0.2) is 28.7 Å². The fraction of sp³-hybridized carbons (Fsp3) is 0.667. The second-order valence-electron chi connectivity index (χ2n) is 8.33. The van der Waals surface area contributed by atoms with Gasteiger partial charge in [-0.1, -0.05) is 52.4 Å². The Hall–Kier alpha value is 0.266. The molecular formula is C18H29BrMgO. The van der Waals surface area contributed by atoms with Crippen molar-refractivity contribution in [1.29, 1.82) is 0 Å². The van der Waals surface area contributed by atoms with Gasteiger partial charge in [-0.3, -0.25) is 0 Å². The van der Waals surface area contributed by atoms with Crippen LogP contribution in [0, 0.1) is 6.07 Å². The molecule has 0 fully saturated rings. The SMILES string of the molecule is CC(C)(C)Oc1c(C(C)(C)C)c[c-]cc1C(C)(C)C.[Br-].[Mg+2]. The van der Waals surface area contributed by atoms with Gasteiger partial charge in [0.15, 0.2) is 0 Å². The molecular weight excluding hydrogens is 336 g/mol. The normalized spacial score (nSPS) is 12.2. The first-order chi connectivity index (χ1) is 8.32. The van der Waals surface area contributed by atoms with Crippen LogP contribution in [0.1, 0.15) is 73.4 Å². The molecule has 1 nitrogen and oxygen atoms in total. The molecule has 0 radical (unpaired) electrons. The van der Waals surface area contributed by atoms with E-state index in [1.54, 1.807) is 0 Å². The number of benzene rings is 1. The van der Waals surface area contributed by atoms with Crippen molar-refractivity contribution in [2.24, 2.45) is 0 Å². The predicted molar refractivity (Wildman–Crippen MR) is 88.8 cm³/mol. The molecule has 1 aromatic carbocycles. The van der Waals surface area contributed by atoms with Crippen molar-refractivity contribution in [3.8, 4) is 5.75 Å². The van der Waals surface area contributed by atoms with Gasteiger partial charge in [-0.2, -0.15) is 18.2 Å². The Bertz CT molecular complexity index is 416. The van der Waals surface area contributed by atoms with Crippen LogP contribution in [0.4, 0.5) is 0 Å². The van der Waals surface area contributed by atoms with Crippen molar-refractivity contribution in [3.05, 3.63) is 29.3 Å². The molecule has 0 bridgehead atoms. The third-order valence-electron chi connectivity index (χ3n) is 2.97. The van der Waals surface area contributed by atoms with Crippen molar-refractivity contribution < 1.29 is 21.7 Å². The molecule has 0 aliphatic carbocycles. The molecule has 0 atom stereocenters. The molecule has 21 heavy (non-hydrogen) atoms. The predicted octanol–water partition coefficient (Wildman–Crippen LogP) is 1.88. The molecule has 1 aromatic rings. The summed E-state index contributed by atoms with van der Waals surface area (Å²) in [7, 11) is 0. The molecule has 1 rings (SSSR count). The van der Waals surface area contributed by atoms with Gasteiger partial charge in [0.05, 0.1) is 5.60 Å². The first-order valence-corrected chi connectivity index (χ1v) is 7.06. The minimum Gasteiger partial charge on any atom is -1.00 e. The second-order valence-corrected chi connectivity index (χ2v) is 8.33. The van der Waals surface area contributed by atoms with Gasteiger partial charge in [0, 0.05) is 5.75 Å². The van der Waals surface area contributed by atoms with E-state index in [4.69, 9.17) is 4.74 Å². The van der Waals surface area contributed by atoms with E-state index in [1.807, 2.05) is 0 Å². The summed E-state index contributed by atoms with van der Waals surface area (Å²) >= 11 is 0. The zero-order valence-electron chi connectivity index (χ0n) is 15.1. The molecule has 0 amide bonds. The summed E-state index contributed by atoms with van der Waals surface area (Å²) in [6.07, 6.45) is 0. The van der Waals surface area contributed by atoms with Gasteiger partial charge in [-0.25, -0.2) is 0 Å². The summed E-state index contributed by atoms with van der Waals surface area (Å²) in [6, 6.07) is 7.42. The molecule has 116 valence electrons. The Morgan fingerprint density at radius 1 is 0.762 bits per heavy atom. The number of hydrogen-bond acceptors (Lipinski definition) is 1.